The third kappa shape index (κ3) is 9.32. The lowest BCUT2D eigenvalue weighted by Gasteiger charge is -2.24. The Hall–Kier alpha value is 0.220. The number of aliphatic hydroxyl groups is 2. The van der Waals surface area contributed by atoms with Crippen molar-refractivity contribution in [1.29, 1.82) is 0 Å². The average Bonchev–Trinajstić information content (AvgIpc) is 2.45. The zero-order valence-electron chi connectivity index (χ0n) is 14.3. The van der Waals surface area contributed by atoms with Crippen molar-refractivity contribution in [2.45, 2.75) is 46.3 Å². The molecule has 0 saturated carbocycles. The second-order valence-electron chi connectivity index (χ2n) is 4.72. The Morgan fingerprint density at radius 2 is 1.13 bits per heavy atom. The van der Waals surface area contributed by atoms with Gasteiger partial charge < -0.3 is 28.3 Å². The van der Waals surface area contributed by atoms with E-state index in [0.717, 1.165) is 0 Å². The zero-order chi connectivity index (χ0) is 17.9. The smallest absolute Gasteiger partial charge is 0.333 e. The van der Waals surface area contributed by atoms with Crippen LogP contribution in [0.5, 0.6) is 0 Å². The van der Waals surface area contributed by atoms with Gasteiger partial charge in [0, 0.05) is 0 Å². The van der Waals surface area contributed by atoms with Crippen molar-refractivity contribution >= 4 is 15.2 Å². The third-order valence-electron chi connectivity index (χ3n) is 2.86. The van der Waals surface area contributed by atoms with Gasteiger partial charge in [0.2, 0.25) is 0 Å². The molecule has 0 aromatic rings. The summed E-state index contributed by atoms with van der Waals surface area (Å²) in [6.45, 7) is 7.49. The Morgan fingerprint density at radius 3 is 1.52 bits per heavy atom. The van der Waals surface area contributed by atoms with Crippen LogP contribution in [0, 0.1) is 0 Å². The van der Waals surface area contributed by atoms with Gasteiger partial charge >= 0.3 is 15.2 Å². The molecule has 0 aliphatic heterocycles. The van der Waals surface area contributed by atoms with Crippen LogP contribution in [0.3, 0.4) is 0 Å². The molecule has 0 heterocycles. The van der Waals surface area contributed by atoms with Crippen LogP contribution in [-0.4, -0.2) is 61.2 Å². The highest BCUT2D eigenvalue weighted by molar-refractivity contribution is 7.54. The molecule has 2 unspecified atom stereocenters. The molecule has 140 valence electrons. The molecule has 0 rings (SSSR count). The minimum atomic E-state index is -3.46. The summed E-state index contributed by atoms with van der Waals surface area (Å²) in [5.41, 5.74) is 0. The van der Waals surface area contributed by atoms with E-state index < -0.39 is 27.4 Å². The first-order valence-corrected chi connectivity index (χ1v) is 11.3. The minimum absolute atomic E-state index is 0.0172. The normalized spacial score (nSPS) is 15.6. The lowest BCUT2D eigenvalue weighted by molar-refractivity contribution is 0.0263. The molecule has 0 spiro atoms. The molecule has 0 bridgehead atoms. The Bertz CT molecular complexity index is 383. The lowest BCUT2D eigenvalue weighted by atomic mass is 10.2. The number of aliphatic hydroxyl groups excluding tert-OH is 2. The molecular weight excluding hydrogens is 346 g/mol. The molecule has 0 aliphatic rings. The van der Waals surface area contributed by atoms with Crippen LogP contribution in [0.4, 0.5) is 0 Å². The fourth-order valence-corrected chi connectivity index (χ4v) is 5.40. The van der Waals surface area contributed by atoms with Gasteiger partial charge in [-0.15, -0.1) is 0 Å². The highest BCUT2D eigenvalue weighted by atomic mass is 31.2. The van der Waals surface area contributed by atoms with Gasteiger partial charge in [-0.1, -0.05) is 0 Å². The predicted octanol–water partition coefficient (Wildman–Crippen LogP) is 2.63. The topological polar surface area (TPSA) is 112 Å². The summed E-state index contributed by atoms with van der Waals surface area (Å²) >= 11 is 0. The lowest BCUT2D eigenvalue weighted by Crippen LogP contribution is -2.31. The predicted molar refractivity (Wildman–Crippen MR) is 88.1 cm³/mol. The van der Waals surface area contributed by atoms with Crippen molar-refractivity contribution in [3.8, 4) is 0 Å². The second kappa shape index (κ2) is 11.7. The van der Waals surface area contributed by atoms with Crippen molar-refractivity contribution < 1.29 is 37.4 Å². The molecule has 0 aromatic carbocycles. The van der Waals surface area contributed by atoms with E-state index in [4.69, 9.17) is 18.1 Å². The molecule has 10 heteroatoms. The number of hydrogen-bond acceptors (Lipinski definition) is 8. The SMILES string of the molecule is CCOP(=O)(CCC(O)C(O)CP(=O)(OCC)OCC)OCC. The molecule has 2 atom stereocenters. The summed E-state index contributed by atoms with van der Waals surface area (Å²) in [5.74, 6) is 0. The molecule has 0 fully saturated rings. The standard InChI is InChI=1S/C13H30O8P2/c1-5-18-22(16,19-6-2)10-9-12(14)13(15)11-23(17,20-7-3)21-8-4/h12-15H,5-11H2,1-4H3. The van der Waals surface area contributed by atoms with Crippen LogP contribution in [0.1, 0.15) is 34.1 Å². The van der Waals surface area contributed by atoms with Crippen LogP contribution in [0.2, 0.25) is 0 Å². The van der Waals surface area contributed by atoms with Gasteiger partial charge in [-0.2, -0.15) is 0 Å². The highest BCUT2D eigenvalue weighted by Gasteiger charge is 2.33. The van der Waals surface area contributed by atoms with Gasteiger partial charge in [0.1, 0.15) is 0 Å². The van der Waals surface area contributed by atoms with Gasteiger partial charge in [0.25, 0.3) is 0 Å². The van der Waals surface area contributed by atoms with E-state index in [1.807, 2.05) is 0 Å². The van der Waals surface area contributed by atoms with Crippen LogP contribution in [-0.2, 0) is 27.2 Å². The summed E-state index contributed by atoms with van der Waals surface area (Å²) in [7, 11) is -6.75. The molecule has 0 amide bonds. The van der Waals surface area contributed by atoms with E-state index in [-0.39, 0.29) is 45.2 Å². The molecule has 0 aliphatic carbocycles. The van der Waals surface area contributed by atoms with E-state index in [9.17, 15) is 19.3 Å². The third-order valence-corrected chi connectivity index (χ3v) is 7.09. The van der Waals surface area contributed by atoms with Gasteiger partial charge in [-0.05, 0) is 34.1 Å². The van der Waals surface area contributed by atoms with E-state index >= 15 is 0 Å². The van der Waals surface area contributed by atoms with E-state index in [0.29, 0.717) is 0 Å². The molecular formula is C13H30O8P2. The van der Waals surface area contributed by atoms with E-state index in [1.165, 1.54) is 0 Å². The first kappa shape index (κ1) is 23.2. The van der Waals surface area contributed by atoms with Crippen molar-refractivity contribution in [1.82, 2.24) is 0 Å². The maximum absolute atomic E-state index is 12.3. The molecule has 8 nitrogen and oxygen atoms in total. The first-order chi connectivity index (χ1) is 10.8. The quantitative estimate of drug-likeness (QED) is 0.445. The Kier molecular flexibility index (Phi) is 11.8. The molecule has 0 aromatic heterocycles. The van der Waals surface area contributed by atoms with Crippen LogP contribution < -0.4 is 0 Å². The van der Waals surface area contributed by atoms with E-state index in [2.05, 4.69) is 0 Å². The number of hydrogen-bond donors (Lipinski definition) is 2. The summed E-state index contributed by atoms with van der Waals surface area (Å²) < 4.78 is 45.0. The maximum atomic E-state index is 12.3. The van der Waals surface area contributed by atoms with Gasteiger partial charge in [0.05, 0.1) is 51.0 Å². The summed E-state index contributed by atoms with van der Waals surface area (Å²) in [6, 6.07) is 0. The van der Waals surface area contributed by atoms with Gasteiger partial charge in [-0.25, -0.2) is 0 Å². The molecule has 0 saturated heterocycles. The van der Waals surface area contributed by atoms with Crippen LogP contribution >= 0.6 is 15.2 Å². The fraction of sp³-hybridized carbons (Fsp3) is 1.00. The summed E-state index contributed by atoms with van der Waals surface area (Å²) in [4.78, 5) is 0. The Labute approximate surface area is 138 Å². The minimum Gasteiger partial charge on any atom is -0.390 e. The monoisotopic (exact) mass is 376 g/mol. The number of rotatable bonds is 14. The maximum Gasteiger partial charge on any atom is 0.333 e. The second-order valence-corrected chi connectivity index (χ2v) is 9.01. The largest absolute Gasteiger partial charge is 0.390 e. The summed E-state index contributed by atoms with van der Waals surface area (Å²) in [5, 5.41) is 20.0. The van der Waals surface area contributed by atoms with Crippen molar-refractivity contribution in [3.05, 3.63) is 0 Å². The Morgan fingerprint density at radius 1 is 0.739 bits per heavy atom. The van der Waals surface area contributed by atoms with Crippen molar-refractivity contribution in [2.24, 2.45) is 0 Å². The summed E-state index contributed by atoms with van der Waals surface area (Å²) in [6.07, 6.45) is -2.95. The first-order valence-electron chi connectivity index (χ1n) is 7.88. The highest BCUT2D eigenvalue weighted by Crippen LogP contribution is 2.50. The average molecular weight is 376 g/mol. The van der Waals surface area contributed by atoms with Gasteiger partial charge in [0.15, 0.2) is 0 Å². The zero-order valence-corrected chi connectivity index (χ0v) is 16.1. The molecule has 2 N–H and O–H groups in total. The van der Waals surface area contributed by atoms with E-state index in [1.54, 1.807) is 27.7 Å². The van der Waals surface area contributed by atoms with Gasteiger partial charge in [-0.3, -0.25) is 9.13 Å². The molecule has 0 radical (unpaired) electrons. The van der Waals surface area contributed by atoms with Crippen LogP contribution in [0.25, 0.3) is 0 Å². The molecule has 23 heavy (non-hydrogen) atoms. The van der Waals surface area contributed by atoms with Crippen molar-refractivity contribution in [3.63, 3.8) is 0 Å². The Balaban J connectivity index is 4.61. The van der Waals surface area contributed by atoms with Crippen LogP contribution in [0.15, 0.2) is 0 Å². The fourth-order valence-electron chi connectivity index (χ4n) is 1.93. The van der Waals surface area contributed by atoms with Crippen molar-refractivity contribution in [2.75, 3.05) is 38.8 Å².